The third kappa shape index (κ3) is 4.19. The average Bonchev–Trinajstić information content (AvgIpc) is 3.16. The summed E-state index contributed by atoms with van der Waals surface area (Å²) in [5.74, 6) is -0.146. The number of aromatic hydroxyl groups is 1. The summed E-state index contributed by atoms with van der Waals surface area (Å²) in [5, 5.41) is 44.1. The fourth-order valence-corrected chi connectivity index (χ4v) is 4.35. The molecule has 1 aliphatic heterocycles. The van der Waals surface area contributed by atoms with Crippen LogP contribution in [0.1, 0.15) is 24.0 Å². The molecule has 1 aromatic rings. The van der Waals surface area contributed by atoms with E-state index >= 15 is 0 Å². The fourth-order valence-electron chi connectivity index (χ4n) is 4.35. The van der Waals surface area contributed by atoms with Crippen LogP contribution in [0.2, 0.25) is 0 Å². The third-order valence-electron chi connectivity index (χ3n) is 5.99. The van der Waals surface area contributed by atoms with Gasteiger partial charge in [0.1, 0.15) is 43.9 Å². The van der Waals surface area contributed by atoms with Crippen LogP contribution in [-0.2, 0) is 20.7 Å². The Balaban J connectivity index is 1.53. The standard InChI is InChI=1S/C22H27NO8/c1-2-6-29-15-9-11-4-3-5-12(7-13(11)8-14(15)24)22(28)23-16-17(25)19(27)21-20(18(16)26)30-10-31-21/h2,7-9,16-21,24-27H,1,3-6,10H2,(H,23,28)/t16-,17+,18-,19-,20+,21-/m1/s1. The summed E-state index contributed by atoms with van der Waals surface area (Å²) in [6.45, 7) is 3.76. The number of aliphatic hydroxyl groups is 3. The Hall–Kier alpha value is -2.43. The van der Waals surface area contributed by atoms with Crippen LogP contribution in [0.4, 0.5) is 0 Å². The Bertz CT molecular complexity index is 885. The monoisotopic (exact) mass is 433 g/mol. The molecule has 1 saturated heterocycles. The van der Waals surface area contributed by atoms with E-state index in [9.17, 15) is 25.2 Å². The van der Waals surface area contributed by atoms with Gasteiger partial charge in [-0.3, -0.25) is 4.79 Å². The van der Waals surface area contributed by atoms with Gasteiger partial charge in [0, 0.05) is 5.57 Å². The van der Waals surface area contributed by atoms with Crippen molar-refractivity contribution in [3.8, 4) is 11.5 Å². The number of hydrogen-bond acceptors (Lipinski definition) is 8. The minimum atomic E-state index is -1.41. The van der Waals surface area contributed by atoms with Gasteiger partial charge in [0.25, 0.3) is 0 Å². The van der Waals surface area contributed by atoms with Crippen LogP contribution in [0.15, 0.2) is 30.4 Å². The maximum absolute atomic E-state index is 13.0. The second-order valence-corrected chi connectivity index (χ2v) is 7.99. The Labute approximate surface area is 179 Å². The van der Waals surface area contributed by atoms with Crippen LogP contribution in [0.3, 0.4) is 0 Å². The van der Waals surface area contributed by atoms with E-state index in [4.69, 9.17) is 14.2 Å². The molecule has 2 aliphatic carbocycles. The maximum Gasteiger partial charge on any atom is 0.247 e. The van der Waals surface area contributed by atoms with E-state index in [1.54, 1.807) is 24.3 Å². The molecule has 0 spiro atoms. The Morgan fingerprint density at radius 3 is 2.65 bits per heavy atom. The summed E-state index contributed by atoms with van der Waals surface area (Å²) in [4.78, 5) is 13.0. The molecule has 0 bridgehead atoms. The van der Waals surface area contributed by atoms with E-state index in [1.807, 2.05) is 0 Å². The van der Waals surface area contributed by atoms with Crippen molar-refractivity contribution in [1.29, 1.82) is 0 Å². The van der Waals surface area contributed by atoms with Crippen molar-refractivity contribution in [2.24, 2.45) is 0 Å². The number of amides is 1. The molecule has 4 rings (SSSR count). The summed E-state index contributed by atoms with van der Waals surface area (Å²) >= 11 is 0. The van der Waals surface area contributed by atoms with Crippen molar-refractivity contribution >= 4 is 12.0 Å². The van der Waals surface area contributed by atoms with Gasteiger partial charge in [0.2, 0.25) is 5.91 Å². The lowest BCUT2D eigenvalue weighted by atomic mass is 9.83. The van der Waals surface area contributed by atoms with E-state index < -0.39 is 42.5 Å². The molecule has 6 atom stereocenters. The summed E-state index contributed by atoms with van der Waals surface area (Å²) in [6, 6.07) is 2.19. The van der Waals surface area contributed by atoms with Gasteiger partial charge in [0.15, 0.2) is 11.5 Å². The number of nitrogens with one attached hydrogen (secondary N) is 1. The number of carbonyl (C=O) groups excluding carboxylic acids is 1. The van der Waals surface area contributed by atoms with Crippen LogP contribution >= 0.6 is 0 Å². The number of phenolic OH excluding ortho intramolecular Hbond substituents is 1. The highest BCUT2D eigenvalue weighted by atomic mass is 16.7. The summed E-state index contributed by atoms with van der Waals surface area (Å²) in [5.41, 5.74) is 2.08. The number of ether oxygens (including phenoxy) is 3. The highest BCUT2D eigenvalue weighted by Crippen LogP contribution is 2.34. The number of hydrogen-bond donors (Lipinski definition) is 5. The van der Waals surface area contributed by atoms with Gasteiger partial charge in [-0.05, 0) is 48.6 Å². The highest BCUT2D eigenvalue weighted by Gasteiger charge is 2.53. The minimum Gasteiger partial charge on any atom is -0.504 e. The second kappa shape index (κ2) is 8.97. The Morgan fingerprint density at radius 1 is 1.16 bits per heavy atom. The van der Waals surface area contributed by atoms with Gasteiger partial charge in [-0.1, -0.05) is 12.7 Å². The molecular weight excluding hydrogens is 406 g/mol. The zero-order valence-electron chi connectivity index (χ0n) is 16.9. The van der Waals surface area contributed by atoms with Gasteiger partial charge in [-0.15, -0.1) is 0 Å². The summed E-state index contributed by atoms with van der Waals surface area (Å²) in [7, 11) is 0. The molecule has 0 unspecified atom stereocenters. The summed E-state index contributed by atoms with van der Waals surface area (Å²) in [6.07, 6.45) is -0.493. The highest BCUT2D eigenvalue weighted by molar-refractivity contribution is 5.98. The second-order valence-electron chi connectivity index (χ2n) is 7.99. The molecule has 1 amide bonds. The largest absolute Gasteiger partial charge is 0.504 e. The predicted octanol–water partition coefficient (Wildman–Crippen LogP) is -0.000700. The van der Waals surface area contributed by atoms with E-state index in [0.717, 1.165) is 5.56 Å². The zero-order chi connectivity index (χ0) is 22.1. The summed E-state index contributed by atoms with van der Waals surface area (Å²) < 4.78 is 16.0. The van der Waals surface area contributed by atoms with Crippen molar-refractivity contribution in [3.63, 3.8) is 0 Å². The number of carbonyl (C=O) groups is 1. The van der Waals surface area contributed by atoms with Crippen molar-refractivity contribution in [2.75, 3.05) is 13.4 Å². The molecule has 9 nitrogen and oxygen atoms in total. The van der Waals surface area contributed by atoms with Gasteiger partial charge in [0.05, 0.1) is 6.04 Å². The van der Waals surface area contributed by atoms with Crippen LogP contribution in [0.5, 0.6) is 11.5 Å². The van der Waals surface area contributed by atoms with Gasteiger partial charge < -0.3 is 40.0 Å². The first-order valence-corrected chi connectivity index (χ1v) is 10.3. The fraction of sp³-hybridized carbons (Fsp3) is 0.500. The third-order valence-corrected chi connectivity index (χ3v) is 5.99. The lowest BCUT2D eigenvalue weighted by Crippen LogP contribution is -2.67. The molecule has 3 aliphatic rings. The van der Waals surface area contributed by atoms with Crippen molar-refractivity contribution in [1.82, 2.24) is 5.32 Å². The molecule has 31 heavy (non-hydrogen) atoms. The van der Waals surface area contributed by atoms with Crippen LogP contribution in [0.25, 0.3) is 6.08 Å². The SMILES string of the molecule is C=CCOc1cc2c(cc1O)C=C(C(=O)N[C@@H]1[C@H](O)[C@@H](O)[C@H]3OCO[C@H]3[C@@H]1O)CCC2. The van der Waals surface area contributed by atoms with E-state index in [2.05, 4.69) is 11.9 Å². The molecule has 5 N–H and O–H groups in total. The number of phenols is 1. The van der Waals surface area contributed by atoms with E-state index in [-0.39, 0.29) is 19.1 Å². The molecule has 168 valence electrons. The lowest BCUT2D eigenvalue weighted by Gasteiger charge is -2.41. The first kappa shape index (κ1) is 21.8. The van der Waals surface area contributed by atoms with Crippen molar-refractivity contribution < 1.29 is 39.4 Å². The number of benzene rings is 1. The molecule has 9 heteroatoms. The molecule has 2 fully saturated rings. The normalized spacial score (nSPS) is 32.3. The van der Waals surface area contributed by atoms with Crippen LogP contribution in [-0.4, -0.2) is 76.3 Å². The molecule has 1 aromatic carbocycles. The van der Waals surface area contributed by atoms with Crippen LogP contribution in [0, 0.1) is 0 Å². The quantitative estimate of drug-likeness (QED) is 0.409. The van der Waals surface area contributed by atoms with Crippen LogP contribution < -0.4 is 10.1 Å². The minimum absolute atomic E-state index is 0.0378. The zero-order valence-corrected chi connectivity index (χ0v) is 16.9. The smallest absolute Gasteiger partial charge is 0.247 e. The van der Waals surface area contributed by atoms with Gasteiger partial charge >= 0.3 is 0 Å². The van der Waals surface area contributed by atoms with E-state index in [0.29, 0.717) is 36.1 Å². The average molecular weight is 433 g/mol. The Morgan fingerprint density at radius 2 is 1.90 bits per heavy atom. The van der Waals surface area contributed by atoms with Gasteiger partial charge in [-0.25, -0.2) is 0 Å². The predicted molar refractivity (Wildman–Crippen MR) is 109 cm³/mol. The first-order chi connectivity index (χ1) is 14.9. The van der Waals surface area contributed by atoms with Gasteiger partial charge in [-0.2, -0.15) is 0 Å². The lowest BCUT2D eigenvalue weighted by molar-refractivity contribution is -0.155. The maximum atomic E-state index is 13.0. The molecule has 0 radical (unpaired) electrons. The topological polar surface area (TPSA) is 138 Å². The van der Waals surface area contributed by atoms with Crippen molar-refractivity contribution in [2.45, 2.75) is 55.8 Å². The number of rotatable bonds is 5. The number of aryl methyl sites for hydroxylation is 1. The van der Waals surface area contributed by atoms with E-state index in [1.165, 1.54) is 0 Å². The molecule has 1 saturated carbocycles. The van der Waals surface area contributed by atoms with Crippen molar-refractivity contribution in [3.05, 3.63) is 41.5 Å². The molecule has 1 heterocycles. The molecule has 0 aromatic heterocycles. The number of fused-ring (bicyclic) bond motifs is 2. The molecular formula is C22H27NO8. The Kier molecular flexibility index (Phi) is 6.31. The first-order valence-electron chi connectivity index (χ1n) is 10.3. The number of aliphatic hydroxyl groups excluding tert-OH is 3.